The van der Waals surface area contributed by atoms with E-state index in [9.17, 15) is 28.0 Å². The van der Waals surface area contributed by atoms with E-state index in [4.69, 9.17) is 16.2 Å². The van der Waals surface area contributed by atoms with Gasteiger partial charge in [0.1, 0.15) is 34.5 Å². The lowest BCUT2D eigenvalue weighted by Crippen LogP contribution is -2.32. The molecule has 0 radical (unpaired) electrons. The van der Waals surface area contributed by atoms with E-state index in [1.54, 1.807) is 92.2 Å². The number of amides is 4. The third-order valence-corrected chi connectivity index (χ3v) is 9.55. The number of carbonyl (C=O) groups is 4. The van der Waals surface area contributed by atoms with Gasteiger partial charge in [-0.2, -0.15) is 8.78 Å². The monoisotopic (exact) mass is 836 g/mol. The van der Waals surface area contributed by atoms with Crippen LogP contribution in [-0.2, 0) is 32.3 Å². The van der Waals surface area contributed by atoms with Crippen molar-refractivity contribution in [2.45, 2.75) is 19.7 Å². The third kappa shape index (κ3) is 9.55. The average Bonchev–Trinajstić information content (AvgIpc) is 3.65. The number of benzene rings is 4. The summed E-state index contributed by atoms with van der Waals surface area (Å²) in [5, 5.41) is 6.09. The van der Waals surface area contributed by atoms with Crippen LogP contribution in [0.5, 0.6) is 11.5 Å². The minimum atomic E-state index is -2.94. The number of hydrogen-bond donors (Lipinski definition) is 4. The molecule has 0 bridgehead atoms. The number of alkyl halides is 2. The van der Waals surface area contributed by atoms with Crippen LogP contribution in [0.4, 0.5) is 31.8 Å². The van der Waals surface area contributed by atoms with Crippen LogP contribution in [0.1, 0.15) is 22.3 Å². The molecular formula is C46H38F2N8O6. The van der Waals surface area contributed by atoms with Gasteiger partial charge in [0.05, 0.1) is 31.3 Å². The highest BCUT2D eigenvalue weighted by molar-refractivity contribution is 6.37. The molecule has 4 heterocycles. The molecule has 0 atom stereocenters. The molecule has 2 aliphatic heterocycles. The predicted octanol–water partition coefficient (Wildman–Crippen LogP) is 6.72. The van der Waals surface area contributed by atoms with Crippen molar-refractivity contribution >= 4 is 57.8 Å². The molecule has 0 spiro atoms. The summed E-state index contributed by atoms with van der Waals surface area (Å²) in [4.78, 5) is 63.2. The van der Waals surface area contributed by atoms with Crippen LogP contribution in [0.15, 0.2) is 157 Å². The van der Waals surface area contributed by atoms with Crippen LogP contribution < -0.4 is 31.6 Å². The number of imide groups is 2. The van der Waals surface area contributed by atoms with Gasteiger partial charge in [0.2, 0.25) is 0 Å². The van der Waals surface area contributed by atoms with Crippen LogP contribution in [-0.4, -0.2) is 57.1 Å². The maximum absolute atomic E-state index is 13.2. The maximum Gasteiger partial charge on any atom is 0.387 e. The number of nitrogens with zero attached hydrogens (tertiary/aromatic N) is 4. The van der Waals surface area contributed by atoms with Crippen molar-refractivity contribution in [3.63, 3.8) is 0 Å². The number of pyridine rings is 2. The molecule has 0 saturated carbocycles. The topological polar surface area (TPSA) is 195 Å². The SMILES string of the molecule is COc1ccc(NC2=C(c3ccccc3)C(=O)N(Cc3ccc(N)nc3)C2=O)cc1.Nc1ccc(CN2C(=O)C(Nc3ccc(OC(F)F)cc3)=C(c3ccccc3)C2=O)cn1. The summed E-state index contributed by atoms with van der Waals surface area (Å²) in [7, 11) is 1.58. The van der Waals surface area contributed by atoms with E-state index in [2.05, 4.69) is 25.3 Å². The first-order chi connectivity index (χ1) is 30.0. The van der Waals surface area contributed by atoms with Crippen molar-refractivity contribution in [2.24, 2.45) is 0 Å². The Morgan fingerprint density at radius 1 is 0.548 bits per heavy atom. The zero-order valence-corrected chi connectivity index (χ0v) is 33.0. The van der Waals surface area contributed by atoms with E-state index in [-0.39, 0.29) is 41.7 Å². The Balaban J connectivity index is 0.000000187. The number of methoxy groups -OCH3 is 1. The molecule has 14 nitrogen and oxygen atoms in total. The van der Waals surface area contributed by atoms with Gasteiger partial charge < -0.3 is 31.6 Å². The van der Waals surface area contributed by atoms with Crippen molar-refractivity contribution in [1.82, 2.24) is 19.8 Å². The lowest BCUT2D eigenvalue weighted by Gasteiger charge is -2.15. The Labute approximate surface area is 354 Å². The van der Waals surface area contributed by atoms with E-state index >= 15 is 0 Å². The molecule has 2 aliphatic rings. The number of aromatic nitrogens is 2. The highest BCUT2D eigenvalue weighted by Crippen LogP contribution is 2.33. The lowest BCUT2D eigenvalue weighted by atomic mass is 10.0. The van der Waals surface area contributed by atoms with Crippen molar-refractivity contribution in [1.29, 1.82) is 0 Å². The van der Waals surface area contributed by atoms with Crippen molar-refractivity contribution in [3.8, 4) is 11.5 Å². The number of carbonyl (C=O) groups excluding carboxylic acids is 4. The summed E-state index contributed by atoms with van der Waals surface area (Å²) in [6.45, 7) is -2.81. The molecule has 0 unspecified atom stereocenters. The quantitative estimate of drug-likeness (QED) is 0.0899. The number of nitrogens with one attached hydrogen (secondary N) is 2. The lowest BCUT2D eigenvalue weighted by molar-refractivity contribution is -0.139. The second-order valence-electron chi connectivity index (χ2n) is 13.7. The van der Waals surface area contributed by atoms with E-state index in [0.29, 0.717) is 56.6 Å². The van der Waals surface area contributed by atoms with Gasteiger partial charge in [-0.3, -0.25) is 29.0 Å². The van der Waals surface area contributed by atoms with E-state index in [1.807, 2.05) is 30.3 Å². The zero-order valence-electron chi connectivity index (χ0n) is 33.0. The Kier molecular flexibility index (Phi) is 12.6. The molecule has 62 heavy (non-hydrogen) atoms. The van der Waals surface area contributed by atoms with Crippen molar-refractivity contribution < 1.29 is 37.4 Å². The number of nitrogen functional groups attached to an aromatic ring is 2. The number of hydrogen-bond acceptors (Lipinski definition) is 12. The van der Waals surface area contributed by atoms with Gasteiger partial charge in [-0.05, 0) is 82.9 Å². The average molecular weight is 837 g/mol. The van der Waals surface area contributed by atoms with Gasteiger partial charge in [0, 0.05) is 23.8 Å². The molecular weight excluding hydrogens is 799 g/mol. The largest absolute Gasteiger partial charge is 0.497 e. The minimum Gasteiger partial charge on any atom is -0.497 e. The highest BCUT2D eigenvalue weighted by atomic mass is 19.3. The van der Waals surface area contributed by atoms with Crippen molar-refractivity contribution in [2.75, 3.05) is 29.2 Å². The molecule has 0 fully saturated rings. The molecule has 4 aromatic carbocycles. The van der Waals surface area contributed by atoms with Crippen LogP contribution >= 0.6 is 0 Å². The first kappa shape index (κ1) is 41.7. The second-order valence-corrected chi connectivity index (χ2v) is 13.7. The number of ether oxygens (including phenoxy) is 2. The van der Waals surface area contributed by atoms with Gasteiger partial charge in [-0.1, -0.05) is 72.8 Å². The van der Waals surface area contributed by atoms with Crippen LogP contribution in [0.2, 0.25) is 0 Å². The summed E-state index contributed by atoms with van der Waals surface area (Å²) in [5.41, 5.74) is 15.8. The molecule has 2 aromatic heterocycles. The molecule has 16 heteroatoms. The molecule has 0 saturated heterocycles. The minimum absolute atomic E-state index is 0.0193. The van der Waals surface area contributed by atoms with Gasteiger partial charge in [-0.25, -0.2) is 9.97 Å². The van der Waals surface area contributed by atoms with Crippen molar-refractivity contribution in [3.05, 3.63) is 180 Å². The fourth-order valence-corrected chi connectivity index (χ4v) is 6.52. The normalized spacial score (nSPS) is 13.7. The van der Waals surface area contributed by atoms with E-state index in [0.717, 1.165) is 4.90 Å². The van der Waals surface area contributed by atoms with Gasteiger partial charge in [-0.15, -0.1) is 0 Å². The molecule has 4 amide bonds. The number of nitrogens with two attached hydrogens (primary N) is 2. The summed E-state index contributed by atoms with van der Waals surface area (Å²) in [6.07, 6.45) is 3.07. The molecule has 312 valence electrons. The second kappa shape index (κ2) is 18.7. The number of halogens is 2. The van der Waals surface area contributed by atoms with Gasteiger partial charge in [0.15, 0.2) is 0 Å². The fraction of sp³-hybridized carbons (Fsp3) is 0.0870. The summed E-state index contributed by atoms with van der Waals surface area (Å²) in [5.74, 6) is -0.346. The fourth-order valence-electron chi connectivity index (χ4n) is 6.52. The number of rotatable bonds is 13. The Bertz CT molecular complexity index is 2640. The van der Waals surface area contributed by atoms with Gasteiger partial charge >= 0.3 is 6.61 Å². The predicted molar refractivity (Wildman–Crippen MR) is 228 cm³/mol. The highest BCUT2D eigenvalue weighted by Gasteiger charge is 2.40. The summed E-state index contributed by atoms with van der Waals surface area (Å²) in [6, 6.07) is 37.4. The Morgan fingerprint density at radius 2 is 0.952 bits per heavy atom. The van der Waals surface area contributed by atoms with E-state index in [1.165, 1.54) is 35.4 Å². The Hall–Kier alpha value is -8.40. The molecule has 6 aromatic rings. The van der Waals surface area contributed by atoms with Crippen LogP contribution in [0.25, 0.3) is 11.1 Å². The summed E-state index contributed by atoms with van der Waals surface area (Å²) >= 11 is 0. The third-order valence-electron chi connectivity index (χ3n) is 9.55. The molecule has 8 rings (SSSR count). The van der Waals surface area contributed by atoms with E-state index < -0.39 is 24.3 Å². The smallest absolute Gasteiger partial charge is 0.387 e. The zero-order chi connectivity index (χ0) is 43.8. The number of anilines is 4. The molecule has 0 aliphatic carbocycles. The maximum atomic E-state index is 13.2. The molecule has 6 N–H and O–H groups in total. The standard InChI is InChI=1S/C23H18F2N4O3.C23H20N4O3/c24-23(25)32-17-9-7-16(8-10-17)28-20-19(15-4-2-1-3-5-15)21(30)29(22(20)31)13-14-6-11-18(26)27-12-14;1-30-18-10-8-17(9-11-18)26-21-20(16-5-3-2-4-6-16)22(28)27(23(21)29)14-15-7-12-19(24)25-13-15/h1-12,23,28H,13H2,(H2,26,27);2-13,26H,14H2,1H3,(H2,24,25). The summed E-state index contributed by atoms with van der Waals surface area (Å²) < 4.78 is 34.3. The first-order valence-corrected chi connectivity index (χ1v) is 18.9. The van der Waals surface area contributed by atoms with Crippen LogP contribution in [0, 0.1) is 0 Å². The van der Waals surface area contributed by atoms with Crippen LogP contribution in [0.3, 0.4) is 0 Å². The first-order valence-electron chi connectivity index (χ1n) is 18.9. The van der Waals surface area contributed by atoms with Gasteiger partial charge in [0.25, 0.3) is 23.6 Å². The Morgan fingerprint density at radius 3 is 1.31 bits per heavy atom.